The van der Waals surface area contributed by atoms with Crippen molar-refractivity contribution in [1.29, 1.82) is 0 Å². The second-order valence-corrected chi connectivity index (χ2v) is 11.8. The maximum atomic E-state index is 14.1. The molecule has 1 aliphatic heterocycles. The molecule has 4 aliphatic rings. The summed E-state index contributed by atoms with van der Waals surface area (Å²) in [5.41, 5.74) is 6.66. The monoisotopic (exact) mass is 509 g/mol. The summed E-state index contributed by atoms with van der Waals surface area (Å²) in [4.78, 5) is 13.0. The average molecular weight is 511 g/mol. The number of rotatable bonds is 7. The Kier molecular flexibility index (Phi) is 9.49. The van der Waals surface area contributed by atoms with Crippen LogP contribution < -0.4 is 26.8 Å². The Hall–Kier alpha value is -0.250. The third kappa shape index (κ3) is 7.61. The quantitative estimate of drug-likeness (QED) is 0.268. The molecule has 0 aromatic carbocycles. The summed E-state index contributed by atoms with van der Waals surface area (Å²) in [5, 5.41) is 9.95. The Balaban J connectivity index is 1.33. The lowest BCUT2D eigenvalue weighted by atomic mass is 9.82. The highest BCUT2D eigenvalue weighted by Crippen LogP contribution is 2.31. The van der Waals surface area contributed by atoms with Crippen LogP contribution in [0.3, 0.4) is 0 Å². The summed E-state index contributed by atoms with van der Waals surface area (Å²) < 4.78 is 27.6. The number of halogens is 4. The lowest BCUT2D eigenvalue weighted by Crippen LogP contribution is -2.63. The Morgan fingerprint density at radius 3 is 2.21 bits per heavy atom. The fourth-order valence-corrected chi connectivity index (χ4v) is 6.60. The lowest BCUT2D eigenvalue weighted by Gasteiger charge is -2.35. The van der Waals surface area contributed by atoms with Crippen molar-refractivity contribution in [3.8, 4) is 0 Å². The predicted molar refractivity (Wildman–Crippen MR) is 127 cm³/mol. The van der Waals surface area contributed by atoms with E-state index in [4.69, 9.17) is 23.2 Å². The molecule has 4 fully saturated rings. The van der Waals surface area contributed by atoms with Crippen molar-refractivity contribution in [3.05, 3.63) is 0 Å². The third-order valence-electron chi connectivity index (χ3n) is 7.88. The van der Waals surface area contributed by atoms with E-state index in [1.807, 2.05) is 0 Å². The number of nitrogens with one attached hydrogen (secondary N) is 5. The highest BCUT2D eigenvalue weighted by Gasteiger charge is 2.36. The molecule has 0 bridgehead atoms. The summed E-state index contributed by atoms with van der Waals surface area (Å²) in [6, 6.07) is 0.153. The summed E-state index contributed by atoms with van der Waals surface area (Å²) in [5.74, 6) is 0.401. The first kappa shape index (κ1) is 25.8. The molecule has 6 unspecified atom stereocenters. The van der Waals surface area contributed by atoms with Crippen molar-refractivity contribution >= 4 is 29.1 Å². The Morgan fingerprint density at radius 1 is 0.788 bits per heavy atom. The van der Waals surface area contributed by atoms with Crippen LogP contribution in [0.5, 0.6) is 0 Å². The van der Waals surface area contributed by atoms with Gasteiger partial charge >= 0.3 is 0 Å². The summed E-state index contributed by atoms with van der Waals surface area (Å²) in [6.45, 7) is 0. The highest BCUT2D eigenvalue weighted by atomic mass is 35.5. The molecule has 33 heavy (non-hydrogen) atoms. The normalized spacial score (nSPS) is 43.2. The second-order valence-electron chi connectivity index (χ2n) is 10.5. The van der Waals surface area contributed by atoms with E-state index in [0.29, 0.717) is 38.0 Å². The number of hydrogen-bond donors (Lipinski definition) is 5. The molecule has 6 atom stereocenters. The van der Waals surface area contributed by atoms with E-state index < -0.39 is 18.6 Å². The fraction of sp³-hybridized carbons (Fsp3) is 0.957. The van der Waals surface area contributed by atoms with Crippen LogP contribution in [-0.2, 0) is 4.79 Å². The summed E-state index contributed by atoms with van der Waals surface area (Å²) in [7, 11) is 0. The van der Waals surface area contributed by atoms with Gasteiger partial charge in [-0.1, -0.05) is 0 Å². The zero-order valence-electron chi connectivity index (χ0n) is 19.2. The van der Waals surface area contributed by atoms with Crippen molar-refractivity contribution in [3.63, 3.8) is 0 Å². The van der Waals surface area contributed by atoms with Crippen LogP contribution >= 0.6 is 23.2 Å². The van der Waals surface area contributed by atoms with Crippen molar-refractivity contribution in [1.82, 2.24) is 26.8 Å². The molecule has 5 N–H and O–H groups in total. The largest absolute Gasteiger partial charge is 0.328 e. The Labute approximate surface area is 206 Å². The topological polar surface area (TPSA) is 77.2 Å². The van der Waals surface area contributed by atoms with Gasteiger partial charge in [0.25, 0.3) is 0 Å². The number of carbonyl (C=O) groups is 1. The van der Waals surface area contributed by atoms with Gasteiger partial charge in [0.1, 0.15) is 18.6 Å². The molecule has 1 saturated heterocycles. The minimum absolute atomic E-state index is 0.00220. The van der Waals surface area contributed by atoms with Crippen molar-refractivity contribution in [2.24, 2.45) is 11.8 Å². The molecule has 3 aliphatic carbocycles. The first-order chi connectivity index (χ1) is 15.9. The van der Waals surface area contributed by atoms with Crippen molar-refractivity contribution in [2.75, 3.05) is 0 Å². The van der Waals surface area contributed by atoms with Crippen molar-refractivity contribution in [2.45, 2.75) is 125 Å². The van der Waals surface area contributed by atoms with E-state index in [2.05, 4.69) is 26.8 Å². The maximum Gasteiger partial charge on any atom is 0.225 e. The molecule has 0 radical (unpaired) electrons. The standard InChI is InChI=1S/C23H39Cl2F2N5O/c24-15-5-1-14(2-6-15)22(33)30-23(28-19-10-16(25)9-18(27)11-19)29-21-12-20(31-32-21)13-3-7-17(26)8-4-13/h13-21,23,28-29,31-32H,1-12H2,(H,30,33). The molecule has 0 spiro atoms. The molecule has 10 heteroatoms. The van der Waals surface area contributed by atoms with Gasteiger partial charge in [-0.05, 0) is 83.0 Å². The van der Waals surface area contributed by atoms with E-state index in [1.165, 1.54) is 0 Å². The SMILES string of the molecule is O=C(NC(NC1CC(F)CC(Cl)C1)NC1CC(C2CCC(F)CC2)NN1)C1CCC(Cl)CC1. The molecule has 4 rings (SSSR count). The molecule has 0 aromatic heterocycles. The van der Waals surface area contributed by atoms with Gasteiger partial charge in [-0.2, -0.15) is 0 Å². The van der Waals surface area contributed by atoms with E-state index in [9.17, 15) is 13.6 Å². The predicted octanol–water partition coefficient (Wildman–Crippen LogP) is 3.58. The number of alkyl halides is 4. The van der Waals surface area contributed by atoms with E-state index in [0.717, 1.165) is 44.9 Å². The van der Waals surface area contributed by atoms with Crippen molar-refractivity contribution < 1.29 is 13.6 Å². The zero-order valence-corrected chi connectivity index (χ0v) is 20.7. The smallest absolute Gasteiger partial charge is 0.225 e. The molecule has 1 heterocycles. The van der Waals surface area contributed by atoms with Crippen LogP contribution in [0.25, 0.3) is 0 Å². The average Bonchev–Trinajstić information content (AvgIpc) is 3.22. The fourth-order valence-electron chi connectivity index (χ4n) is 5.94. The van der Waals surface area contributed by atoms with Gasteiger partial charge in [0.15, 0.2) is 0 Å². The minimum atomic E-state index is -0.935. The number of hydrogen-bond acceptors (Lipinski definition) is 5. The van der Waals surface area contributed by atoms with Crippen LogP contribution in [0.4, 0.5) is 8.78 Å². The first-order valence-electron chi connectivity index (χ1n) is 12.8. The first-order valence-corrected chi connectivity index (χ1v) is 13.6. The van der Waals surface area contributed by atoms with E-state index in [-0.39, 0.29) is 40.8 Å². The van der Waals surface area contributed by atoms with Crippen LogP contribution in [0.1, 0.15) is 77.0 Å². The van der Waals surface area contributed by atoms with Gasteiger partial charge in [-0.25, -0.2) is 14.2 Å². The molecule has 1 amide bonds. The number of hydrazine groups is 1. The van der Waals surface area contributed by atoms with E-state index in [1.54, 1.807) is 0 Å². The highest BCUT2D eigenvalue weighted by molar-refractivity contribution is 6.20. The van der Waals surface area contributed by atoms with Gasteiger partial charge in [-0.3, -0.25) is 20.9 Å². The molecular weight excluding hydrogens is 471 g/mol. The van der Waals surface area contributed by atoms with Crippen LogP contribution in [0, 0.1) is 11.8 Å². The van der Waals surface area contributed by atoms with Gasteiger partial charge in [0, 0.05) is 28.8 Å². The lowest BCUT2D eigenvalue weighted by molar-refractivity contribution is -0.127. The summed E-state index contributed by atoms with van der Waals surface area (Å²) >= 11 is 12.5. The number of carbonyl (C=O) groups excluding carboxylic acids is 1. The Morgan fingerprint density at radius 2 is 1.52 bits per heavy atom. The Bertz CT molecular complexity index is 624. The molecule has 190 valence electrons. The van der Waals surface area contributed by atoms with Crippen LogP contribution in [0.2, 0.25) is 0 Å². The zero-order chi connectivity index (χ0) is 23.4. The molecular formula is C23H39Cl2F2N5O. The molecule has 6 nitrogen and oxygen atoms in total. The van der Waals surface area contributed by atoms with Crippen LogP contribution in [0.15, 0.2) is 0 Å². The summed E-state index contributed by atoms with van der Waals surface area (Å²) in [6.07, 6.45) is 6.44. The maximum absolute atomic E-state index is 14.1. The van der Waals surface area contributed by atoms with Crippen LogP contribution in [-0.4, -0.2) is 53.5 Å². The minimum Gasteiger partial charge on any atom is -0.328 e. The van der Waals surface area contributed by atoms with Gasteiger partial charge in [-0.15, -0.1) is 23.2 Å². The van der Waals surface area contributed by atoms with Gasteiger partial charge in [0.2, 0.25) is 5.91 Å². The van der Waals surface area contributed by atoms with E-state index >= 15 is 0 Å². The third-order valence-corrected chi connectivity index (χ3v) is 8.67. The second kappa shape index (κ2) is 12.1. The molecule has 0 aromatic rings. The number of amides is 1. The van der Waals surface area contributed by atoms with Gasteiger partial charge < -0.3 is 5.32 Å². The van der Waals surface area contributed by atoms with Gasteiger partial charge in [0.05, 0.1) is 6.17 Å². The molecule has 3 saturated carbocycles.